The molecule has 4 rings (SSSR count). The van der Waals surface area contributed by atoms with Gasteiger partial charge in [-0.3, -0.25) is 4.79 Å². The van der Waals surface area contributed by atoms with Crippen LogP contribution < -0.4 is 5.32 Å². The number of fused-ring (bicyclic) bond motifs is 1. The average Bonchev–Trinajstić information content (AvgIpc) is 3.39. The van der Waals surface area contributed by atoms with Gasteiger partial charge in [0.1, 0.15) is 0 Å². The van der Waals surface area contributed by atoms with E-state index in [2.05, 4.69) is 34.6 Å². The Hall–Kier alpha value is -1.64. The molecule has 1 aliphatic carbocycles. The Morgan fingerprint density at radius 3 is 3.22 bits per heavy atom. The Balaban J connectivity index is 1.27. The van der Waals surface area contributed by atoms with Crippen molar-refractivity contribution in [2.24, 2.45) is 5.92 Å². The lowest BCUT2D eigenvalue weighted by molar-refractivity contribution is -0.118. The fraction of sp³-hybridized carbons (Fsp3) is 0.421. The van der Waals surface area contributed by atoms with Crippen molar-refractivity contribution in [2.75, 3.05) is 12.3 Å². The van der Waals surface area contributed by atoms with Crippen LogP contribution in [-0.2, 0) is 24.1 Å². The highest BCUT2D eigenvalue weighted by molar-refractivity contribution is 7.99. The molecule has 0 spiro atoms. The maximum atomic E-state index is 12.0. The van der Waals surface area contributed by atoms with E-state index in [9.17, 15) is 4.79 Å². The van der Waals surface area contributed by atoms with Gasteiger partial charge in [-0.1, -0.05) is 24.8 Å². The van der Waals surface area contributed by atoms with Crippen LogP contribution in [0.2, 0.25) is 0 Å². The van der Waals surface area contributed by atoms with E-state index < -0.39 is 0 Å². The van der Waals surface area contributed by atoms with Gasteiger partial charge < -0.3 is 9.73 Å². The Labute approximate surface area is 170 Å². The van der Waals surface area contributed by atoms with Crippen molar-refractivity contribution in [1.82, 2.24) is 15.5 Å². The second-order valence-electron chi connectivity index (χ2n) is 6.75. The molecular formula is C19H21N3O2S3. The molecule has 27 heavy (non-hydrogen) atoms. The van der Waals surface area contributed by atoms with Crippen molar-refractivity contribution < 1.29 is 9.21 Å². The van der Waals surface area contributed by atoms with Gasteiger partial charge in [-0.25, -0.2) is 0 Å². The van der Waals surface area contributed by atoms with E-state index in [-0.39, 0.29) is 11.7 Å². The number of aryl methyl sites for hydroxylation is 1. The molecule has 0 fully saturated rings. The van der Waals surface area contributed by atoms with Crippen molar-refractivity contribution in [3.8, 4) is 10.8 Å². The Morgan fingerprint density at radius 1 is 1.44 bits per heavy atom. The first-order valence-corrected chi connectivity index (χ1v) is 11.7. The predicted molar refractivity (Wildman–Crippen MR) is 111 cm³/mol. The molecule has 0 saturated carbocycles. The molecule has 0 aliphatic heterocycles. The van der Waals surface area contributed by atoms with Gasteiger partial charge in [0.05, 0.1) is 10.6 Å². The van der Waals surface area contributed by atoms with Crippen LogP contribution in [-0.4, -0.2) is 28.4 Å². The minimum atomic E-state index is -0.0168. The summed E-state index contributed by atoms with van der Waals surface area (Å²) in [5.74, 6) is 1.57. The topological polar surface area (TPSA) is 68.0 Å². The summed E-state index contributed by atoms with van der Waals surface area (Å²) in [7, 11) is 0. The second kappa shape index (κ2) is 8.58. The highest BCUT2D eigenvalue weighted by atomic mass is 32.2. The van der Waals surface area contributed by atoms with Crippen LogP contribution in [0.25, 0.3) is 10.8 Å². The summed E-state index contributed by atoms with van der Waals surface area (Å²) >= 11 is 4.74. The molecule has 0 radical (unpaired) electrons. The van der Waals surface area contributed by atoms with Crippen LogP contribution in [0.4, 0.5) is 0 Å². The van der Waals surface area contributed by atoms with Gasteiger partial charge in [0.25, 0.3) is 11.1 Å². The summed E-state index contributed by atoms with van der Waals surface area (Å²) in [4.78, 5) is 15.7. The fourth-order valence-electron chi connectivity index (χ4n) is 3.14. The SMILES string of the molecule is C[C@H]1CCc2sc(-c3nnc(SCC(=O)NCCc4cccs4)o3)cc2C1. The number of thiophene rings is 2. The number of nitrogens with one attached hydrogen (secondary N) is 1. The normalized spacial score (nSPS) is 16.3. The van der Waals surface area contributed by atoms with E-state index in [0.29, 0.717) is 17.7 Å². The number of nitrogens with zero attached hydrogens (tertiary/aromatic N) is 2. The van der Waals surface area contributed by atoms with Gasteiger partial charge in [-0.05, 0) is 54.7 Å². The molecule has 1 atom stereocenters. The van der Waals surface area contributed by atoms with Crippen molar-refractivity contribution in [2.45, 2.75) is 37.8 Å². The first-order chi connectivity index (χ1) is 13.2. The number of rotatable bonds is 7. The van der Waals surface area contributed by atoms with Crippen LogP contribution in [0.5, 0.6) is 0 Å². The van der Waals surface area contributed by atoms with Crippen LogP contribution in [0, 0.1) is 5.92 Å². The molecule has 1 amide bonds. The van der Waals surface area contributed by atoms with Crippen LogP contribution in [0.3, 0.4) is 0 Å². The zero-order valence-corrected chi connectivity index (χ0v) is 17.5. The zero-order valence-electron chi connectivity index (χ0n) is 15.1. The molecule has 142 valence electrons. The minimum Gasteiger partial charge on any atom is -0.410 e. The lowest BCUT2D eigenvalue weighted by Crippen LogP contribution is -2.27. The molecule has 1 aliphatic rings. The van der Waals surface area contributed by atoms with Crippen molar-refractivity contribution in [1.29, 1.82) is 0 Å². The lowest BCUT2D eigenvalue weighted by atomic mass is 9.90. The lowest BCUT2D eigenvalue weighted by Gasteiger charge is -2.16. The van der Waals surface area contributed by atoms with Gasteiger partial charge in [-0.2, -0.15) is 0 Å². The van der Waals surface area contributed by atoms with E-state index in [1.54, 1.807) is 22.7 Å². The molecule has 0 aromatic carbocycles. The highest BCUT2D eigenvalue weighted by Gasteiger charge is 2.21. The first-order valence-electron chi connectivity index (χ1n) is 9.04. The maximum Gasteiger partial charge on any atom is 0.277 e. The van der Waals surface area contributed by atoms with Gasteiger partial charge in [-0.15, -0.1) is 32.9 Å². The van der Waals surface area contributed by atoms with Gasteiger partial charge in [0.2, 0.25) is 5.91 Å². The summed E-state index contributed by atoms with van der Waals surface area (Å²) in [6.45, 7) is 2.95. The Kier molecular flexibility index (Phi) is 5.95. The molecular weight excluding hydrogens is 398 g/mol. The molecule has 5 nitrogen and oxygen atoms in total. The van der Waals surface area contributed by atoms with E-state index >= 15 is 0 Å². The summed E-state index contributed by atoms with van der Waals surface area (Å²) in [5.41, 5.74) is 1.42. The third-order valence-electron chi connectivity index (χ3n) is 4.55. The number of aromatic nitrogens is 2. The standard InChI is InChI=1S/C19H21N3O2S3/c1-12-4-5-15-13(9-12)10-16(27-15)18-21-22-19(24-18)26-11-17(23)20-7-6-14-3-2-8-25-14/h2-3,8,10,12H,4-7,9,11H2,1H3,(H,20,23)/t12-/m0/s1. The quantitative estimate of drug-likeness (QED) is 0.574. The number of carbonyl (C=O) groups excluding carboxylic acids is 1. The molecule has 1 N–H and O–H groups in total. The zero-order chi connectivity index (χ0) is 18.6. The third-order valence-corrected chi connectivity index (χ3v) is 7.53. The predicted octanol–water partition coefficient (Wildman–Crippen LogP) is 4.44. The number of carbonyl (C=O) groups is 1. The van der Waals surface area contributed by atoms with E-state index in [1.165, 1.54) is 33.5 Å². The van der Waals surface area contributed by atoms with Crippen LogP contribution in [0.1, 0.15) is 28.7 Å². The van der Waals surface area contributed by atoms with Crippen molar-refractivity contribution >= 4 is 40.3 Å². The van der Waals surface area contributed by atoms with Gasteiger partial charge in [0, 0.05) is 16.3 Å². The molecule has 0 saturated heterocycles. The Morgan fingerprint density at radius 2 is 2.37 bits per heavy atom. The van der Waals surface area contributed by atoms with Crippen LogP contribution >= 0.6 is 34.4 Å². The molecule has 0 unspecified atom stereocenters. The Bertz CT molecular complexity index is 901. The molecule has 8 heteroatoms. The smallest absolute Gasteiger partial charge is 0.277 e. The molecule has 3 heterocycles. The number of amides is 1. The van der Waals surface area contributed by atoms with Crippen LogP contribution in [0.15, 0.2) is 33.2 Å². The monoisotopic (exact) mass is 419 g/mol. The largest absolute Gasteiger partial charge is 0.410 e. The number of thioether (sulfide) groups is 1. The minimum absolute atomic E-state index is 0.0168. The second-order valence-corrected chi connectivity index (χ2v) is 9.84. The fourth-order valence-corrected chi connectivity index (χ4v) is 5.57. The average molecular weight is 420 g/mol. The summed E-state index contributed by atoms with van der Waals surface area (Å²) in [6.07, 6.45) is 4.38. The van der Waals surface area contributed by atoms with E-state index in [1.807, 2.05) is 11.4 Å². The molecule has 3 aromatic heterocycles. The first kappa shape index (κ1) is 18.7. The highest BCUT2D eigenvalue weighted by Crippen LogP contribution is 2.37. The van der Waals surface area contributed by atoms with Gasteiger partial charge in [0.15, 0.2) is 0 Å². The van der Waals surface area contributed by atoms with Crippen molar-refractivity contribution in [3.63, 3.8) is 0 Å². The van der Waals surface area contributed by atoms with Crippen molar-refractivity contribution in [3.05, 3.63) is 38.9 Å². The van der Waals surface area contributed by atoms with E-state index in [0.717, 1.165) is 30.1 Å². The van der Waals surface area contributed by atoms with E-state index in [4.69, 9.17) is 4.42 Å². The maximum absolute atomic E-state index is 12.0. The summed E-state index contributed by atoms with van der Waals surface area (Å²) in [5, 5.41) is 13.7. The summed E-state index contributed by atoms with van der Waals surface area (Å²) in [6, 6.07) is 6.29. The number of hydrogen-bond acceptors (Lipinski definition) is 7. The molecule has 3 aromatic rings. The van der Waals surface area contributed by atoms with Gasteiger partial charge >= 0.3 is 0 Å². The molecule has 0 bridgehead atoms. The summed E-state index contributed by atoms with van der Waals surface area (Å²) < 4.78 is 5.76. The number of hydrogen-bond donors (Lipinski definition) is 1. The third kappa shape index (κ3) is 4.80.